The predicted octanol–water partition coefficient (Wildman–Crippen LogP) is 2.05. The second-order valence-electron chi connectivity index (χ2n) is 5.18. The first-order chi connectivity index (χ1) is 11.1. The van der Waals surface area contributed by atoms with Crippen LogP contribution in [0.15, 0.2) is 36.4 Å². The maximum absolute atomic E-state index is 5.48. The van der Waals surface area contributed by atoms with Gasteiger partial charge in [-0.05, 0) is 17.5 Å². The highest BCUT2D eigenvalue weighted by Gasteiger charge is 2.13. The van der Waals surface area contributed by atoms with Gasteiger partial charge < -0.3 is 9.64 Å². The van der Waals surface area contributed by atoms with Crippen LogP contribution in [0.1, 0.15) is 0 Å². The molecule has 3 N–H and O–H groups in total. The number of aromatic nitrogens is 3. The molecule has 3 aromatic rings. The number of hydrazine groups is 1. The number of nitrogens with one attached hydrogen (secondary N) is 1. The smallest absolute Gasteiger partial charge is 0.242 e. The minimum atomic E-state index is 0.318. The number of rotatable bonds is 4. The van der Waals surface area contributed by atoms with Crippen LogP contribution in [0.3, 0.4) is 0 Å². The molecule has 0 atom stereocenters. The zero-order chi connectivity index (χ0) is 16.4. The Hall–Kier alpha value is -2.93. The molecule has 7 heteroatoms. The highest BCUT2D eigenvalue weighted by molar-refractivity contribution is 5.99. The number of hydrogen-bond donors (Lipinski definition) is 2. The summed E-state index contributed by atoms with van der Waals surface area (Å²) in [6, 6.07) is 11.8. The van der Waals surface area contributed by atoms with Gasteiger partial charge in [0.2, 0.25) is 11.9 Å². The fourth-order valence-corrected chi connectivity index (χ4v) is 2.39. The fourth-order valence-electron chi connectivity index (χ4n) is 2.39. The van der Waals surface area contributed by atoms with Crippen molar-refractivity contribution in [3.63, 3.8) is 0 Å². The summed E-state index contributed by atoms with van der Waals surface area (Å²) in [5, 5.41) is 2.01. The van der Waals surface area contributed by atoms with Crippen molar-refractivity contribution in [2.24, 2.45) is 5.84 Å². The fraction of sp³-hybridized carbons (Fsp3) is 0.188. The van der Waals surface area contributed by atoms with Gasteiger partial charge in [0.1, 0.15) is 5.75 Å². The van der Waals surface area contributed by atoms with E-state index in [-0.39, 0.29) is 0 Å². The summed E-state index contributed by atoms with van der Waals surface area (Å²) >= 11 is 0. The summed E-state index contributed by atoms with van der Waals surface area (Å²) in [6.07, 6.45) is 0. The Morgan fingerprint density at radius 2 is 1.74 bits per heavy atom. The van der Waals surface area contributed by atoms with Crippen molar-refractivity contribution in [2.75, 3.05) is 31.5 Å². The summed E-state index contributed by atoms with van der Waals surface area (Å²) in [4.78, 5) is 14.9. The molecule has 118 valence electrons. The molecular formula is C16H18N6O. The molecular weight excluding hydrogens is 292 g/mol. The SMILES string of the molecule is COc1ccc(-c2nc(NN)nc(N(C)C)n2)c2ccccc12. The summed E-state index contributed by atoms with van der Waals surface area (Å²) in [5.41, 5.74) is 3.38. The number of hydrogen-bond acceptors (Lipinski definition) is 7. The van der Waals surface area contributed by atoms with E-state index in [1.807, 2.05) is 50.5 Å². The first-order valence-electron chi connectivity index (χ1n) is 7.10. The zero-order valence-corrected chi connectivity index (χ0v) is 13.2. The van der Waals surface area contributed by atoms with Gasteiger partial charge >= 0.3 is 0 Å². The Morgan fingerprint density at radius 3 is 2.39 bits per heavy atom. The van der Waals surface area contributed by atoms with Gasteiger partial charge in [-0.2, -0.15) is 15.0 Å². The van der Waals surface area contributed by atoms with E-state index in [9.17, 15) is 0 Å². The molecule has 2 aromatic carbocycles. The summed E-state index contributed by atoms with van der Waals surface area (Å²) in [5.74, 6) is 7.69. The number of nitrogen functional groups attached to an aromatic ring is 1. The van der Waals surface area contributed by atoms with Crippen LogP contribution in [-0.4, -0.2) is 36.2 Å². The van der Waals surface area contributed by atoms with Crippen molar-refractivity contribution < 1.29 is 4.74 Å². The molecule has 3 rings (SSSR count). The molecule has 0 amide bonds. The van der Waals surface area contributed by atoms with Crippen LogP contribution in [0.25, 0.3) is 22.2 Å². The lowest BCUT2D eigenvalue weighted by Crippen LogP contribution is -2.18. The monoisotopic (exact) mass is 310 g/mol. The largest absolute Gasteiger partial charge is 0.496 e. The minimum Gasteiger partial charge on any atom is -0.496 e. The molecule has 0 bridgehead atoms. The van der Waals surface area contributed by atoms with Crippen LogP contribution in [0.5, 0.6) is 5.75 Å². The third kappa shape index (κ3) is 2.74. The van der Waals surface area contributed by atoms with Crippen molar-refractivity contribution in [3.8, 4) is 17.1 Å². The molecule has 0 spiro atoms. The second kappa shape index (κ2) is 6.05. The van der Waals surface area contributed by atoms with Crippen LogP contribution in [0, 0.1) is 0 Å². The number of ether oxygens (including phenoxy) is 1. The van der Waals surface area contributed by atoms with E-state index in [0.29, 0.717) is 17.7 Å². The van der Waals surface area contributed by atoms with Crippen LogP contribution >= 0.6 is 0 Å². The van der Waals surface area contributed by atoms with Gasteiger partial charge in [0, 0.05) is 25.0 Å². The van der Waals surface area contributed by atoms with E-state index in [1.54, 1.807) is 12.0 Å². The van der Waals surface area contributed by atoms with Gasteiger partial charge in [-0.25, -0.2) is 5.84 Å². The summed E-state index contributed by atoms with van der Waals surface area (Å²) in [7, 11) is 5.39. The number of nitrogens with two attached hydrogens (primary N) is 1. The van der Waals surface area contributed by atoms with Gasteiger partial charge in [0.25, 0.3) is 0 Å². The normalized spacial score (nSPS) is 10.6. The highest BCUT2D eigenvalue weighted by atomic mass is 16.5. The van der Waals surface area contributed by atoms with Gasteiger partial charge in [-0.3, -0.25) is 5.43 Å². The lowest BCUT2D eigenvalue weighted by Gasteiger charge is -2.14. The Kier molecular flexibility index (Phi) is 3.94. The molecule has 0 unspecified atom stereocenters. The molecule has 0 radical (unpaired) electrons. The number of anilines is 2. The summed E-state index contributed by atoms with van der Waals surface area (Å²) < 4.78 is 5.43. The number of nitrogens with zero attached hydrogens (tertiary/aromatic N) is 4. The van der Waals surface area contributed by atoms with Crippen LogP contribution in [-0.2, 0) is 0 Å². The topological polar surface area (TPSA) is 89.2 Å². The van der Waals surface area contributed by atoms with Gasteiger partial charge in [0.05, 0.1) is 7.11 Å². The second-order valence-corrected chi connectivity index (χ2v) is 5.18. The molecule has 0 aliphatic heterocycles. The average Bonchev–Trinajstić information content (AvgIpc) is 2.60. The lowest BCUT2D eigenvalue weighted by molar-refractivity contribution is 0.420. The van der Waals surface area contributed by atoms with Gasteiger partial charge in [-0.15, -0.1) is 0 Å². The number of fused-ring (bicyclic) bond motifs is 1. The maximum Gasteiger partial charge on any atom is 0.242 e. The quantitative estimate of drug-likeness (QED) is 0.563. The molecule has 1 heterocycles. The van der Waals surface area contributed by atoms with Crippen molar-refractivity contribution in [3.05, 3.63) is 36.4 Å². The first kappa shape index (κ1) is 15.0. The average molecular weight is 310 g/mol. The zero-order valence-electron chi connectivity index (χ0n) is 13.2. The van der Waals surface area contributed by atoms with Crippen molar-refractivity contribution in [1.29, 1.82) is 0 Å². The number of benzene rings is 2. The third-order valence-electron chi connectivity index (χ3n) is 3.50. The Balaban J connectivity index is 2.27. The Bertz CT molecular complexity index is 849. The Morgan fingerprint density at radius 1 is 1.00 bits per heavy atom. The molecule has 1 aromatic heterocycles. The van der Waals surface area contributed by atoms with E-state index in [2.05, 4.69) is 20.4 Å². The van der Waals surface area contributed by atoms with E-state index >= 15 is 0 Å². The molecule has 0 fully saturated rings. The van der Waals surface area contributed by atoms with Crippen LogP contribution in [0.4, 0.5) is 11.9 Å². The first-order valence-corrected chi connectivity index (χ1v) is 7.10. The molecule has 23 heavy (non-hydrogen) atoms. The summed E-state index contributed by atoms with van der Waals surface area (Å²) in [6.45, 7) is 0. The van der Waals surface area contributed by atoms with E-state index < -0.39 is 0 Å². The van der Waals surface area contributed by atoms with Gasteiger partial charge in [-0.1, -0.05) is 24.3 Å². The van der Waals surface area contributed by atoms with Crippen molar-refractivity contribution in [1.82, 2.24) is 15.0 Å². The Labute approximate surface area is 134 Å². The molecule has 0 aliphatic carbocycles. The highest BCUT2D eigenvalue weighted by Crippen LogP contribution is 2.33. The lowest BCUT2D eigenvalue weighted by atomic mass is 10.0. The van der Waals surface area contributed by atoms with Crippen molar-refractivity contribution in [2.45, 2.75) is 0 Å². The van der Waals surface area contributed by atoms with E-state index in [0.717, 1.165) is 22.1 Å². The number of methoxy groups -OCH3 is 1. The molecule has 0 saturated carbocycles. The molecule has 7 nitrogen and oxygen atoms in total. The van der Waals surface area contributed by atoms with Crippen molar-refractivity contribution >= 4 is 22.7 Å². The maximum atomic E-state index is 5.48. The standard InChI is InChI=1S/C16H18N6O/c1-22(2)16-19-14(18-15(20-16)21-17)12-8-9-13(23-3)11-7-5-4-6-10(11)12/h4-9H,17H2,1-3H3,(H,18,19,20,21). The van der Waals surface area contributed by atoms with Gasteiger partial charge in [0.15, 0.2) is 5.82 Å². The molecule has 0 aliphatic rings. The van der Waals surface area contributed by atoms with Crippen LogP contribution < -0.4 is 20.9 Å². The minimum absolute atomic E-state index is 0.318. The third-order valence-corrected chi connectivity index (χ3v) is 3.50. The van der Waals surface area contributed by atoms with E-state index in [1.165, 1.54) is 0 Å². The predicted molar refractivity (Wildman–Crippen MR) is 91.5 cm³/mol. The van der Waals surface area contributed by atoms with E-state index in [4.69, 9.17) is 10.6 Å². The molecule has 0 saturated heterocycles. The van der Waals surface area contributed by atoms with Crippen LogP contribution in [0.2, 0.25) is 0 Å².